The molecule has 0 aromatic carbocycles. The summed E-state index contributed by atoms with van der Waals surface area (Å²) >= 11 is 0. The predicted octanol–water partition coefficient (Wildman–Crippen LogP) is 3.79. The Morgan fingerprint density at radius 3 is 2.67 bits per heavy atom. The number of likely N-dealkylation sites (tertiary alicyclic amines) is 1. The van der Waals surface area contributed by atoms with Gasteiger partial charge in [-0.25, -0.2) is 0 Å². The molecule has 1 saturated heterocycles. The van der Waals surface area contributed by atoms with Gasteiger partial charge in [-0.3, -0.25) is 0 Å². The van der Waals surface area contributed by atoms with Gasteiger partial charge in [0.2, 0.25) is 0 Å². The highest BCUT2D eigenvalue weighted by molar-refractivity contribution is 5.41. The second-order valence-corrected chi connectivity index (χ2v) is 5.46. The molecule has 2 aliphatic rings. The fourth-order valence-corrected chi connectivity index (χ4v) is 2.66. The van der Waals surface area contributed by atoms with Gasteiger partial charge in [0.15, 0.2) is 0 Å². The van der Waals surface area contributed by atoms with Gasteiger partial charge in [0.25, 0.3) is 0 Å². The number of allylic oxidation sites excluding steroid dienone is 6. The van der Waals surface area contributed by atoms with Crippen LogP contribution in [0.25, 0.3) is 0 Å². The molecule has 0 saturated carbocycles. The molecular formula is C16H22N2. The quantitative estimate of drug-likeness (QED) is 0.699. The van der Waals surface area contributed by atoms with E-state index in [1.54, 1.807) is 0 Å². The number of nitriles is 1. The van der Waals surface area contributed by atoms with E-state index in [-0.39, 0.29) is 0 Å². The van der Waals surface area contributed by atoms with Crippen LogP contribution in [0.3, 0.4) is 0 Å². The topological polar surface area (TPSA) is 27.0 Å². The van der Waals surface area contributed by atoms with Crippen molar-refractivity contribution >= 4 is 0 Å². The number of rotatable bonds is 1. The highest BCUT2D eigenvalue weighted by Crippen LogP contribution is 2.26. The van der Waals surface area contributed by atoms with E-state index in [9.17, 15) is 5.26 Å². The van der Waals surface area contributed by atoms with Crippen molar-refractivity contribution in [3.63, 3.8) is 0 Å². The van der Waals surface area contributed by atoms with Gasteiger partial charge in [-0.05, 0) is 44.6 Å². The summed E-state index contributed by atoms with van der Waals surface area (Å²) in [5.41, 5.74) is 3.37. The molecule has 0 aromatic rings. The van der Waals surface area contributed by atoms with Crippen LogP contribution in [0.15, 0.2) is 35.1 Å². The number of hydrogen-bond acceptors (Lipinski definition) is 2. The van der Waals surface area contributed by atoms with Gasteiger partial charge in [0.1, 0.15) is 6.07 Å². The minimum Gasteiger partial charge on any atom is -0.374 e. The Kier molecular flexibility index (Phi) is 4.25. The maximum atomic E-state index is 9.34. The molecule has 0 amide bonds. The van der Waals surface area contributed by atoms with Crippen molar-refractivity contribution in [3.05, 3.63) is 35.1 Å². The number of hydrogen-bond donors (Lipinski definition) is 0. The van der Waals surface area contributed by atoms with Crippen molar-refractivity contribution in [2.24, 2.45) is 5.92 Å². The zero-order chi connectivity index (χ0) is 13.0. The first-order valence-corrected chi connectivity index (χ1v) is 6.93. The van der Waals surface area contributed by atoms with E-state index in [2.05, 4.69) is 37.0 Å². The first-order chi connectivity index (χ1) is 8.70. The summed E-state index contributed by atoms with van der Waals surface area (Å²) in [6, 6.07) is 2.37. The van der Waals surface area contributed by atoms with E-state index >= 15 is 0 Å². The number of nitrogens with zero attached hydrogens (tertiary/aromatic N) is 2. The van der Waals surface area contributed by atoms with E-state index in [0.29, 0.717) is 0 Å². The maximum absolute atomic E-state index is 9.34. The molecule has 2 rings (SSSR count). The van der Waals surface area contributed by atoms with E-state index in [1.165, 1.54) is 24.1 Å². The molecule has 1 heterocycles. The summed E-state index contributed by atoms with van der Waals surface area (Å²) in [6.07, 6.45) is 10.9. The lowest BCUT2D eigenvalue weighted by molar-refractivity contribution is 0.230. The third-order valence-corrected chi connectivity index (χ3v) is 3.96. The van der Waals surface area contributed by atoms with Crippen LogP contribution in [-0.4, -0.2) is 18.0 Å². The lowest BCUT2D eigenvalue weighted by Crippen LogP contribution is -2.33. The Bertz CT molecular complexity index is 427. The Balaban J connectivity index is 2.21. The van der Waals surface area contributed by atoms with Gasteiger partial charge in [-0.2, -0.15) is 5.26 Å². The molecular weight excluding hydrogens is 220 g/mol. The average Bonchev–Trinajstić information content (AvgIpc) is 2.36. The van der Waals surface area contributed by atoms with Crippen LogP contribution in [0.5, 0.6) is 0 Å². The largest absolute Gasteiger partial charge is 0.374 e. The molecule has 1 fully saturated rings. The minimum atomic E-state index is 0.832. The van der Waals surface area contributed by atoms with Crippen LogP contribution >= 0.6 is 0 Å². The van der Waals surface area contributed by atoms with E-state index in [4.69, 9.17) is 0 Å². The lowest BCUT2D eigenvalue weighted by Gasteiger charge is -2.34. The van der Waals surface area contributed by atoms with Crippen LogP contribution in [-0.2, 0) is 0 Å². The molecule has 0 atom stereocenters. The Labute approximate surface area is 110 Å². The van der Waals surface area contributed by atoms with Crippen LogP contribution in [0.2, 0.25) is 0 Å². The first-order valence-electron chi connectivity index (χ1n) is 6.93. The predicted molar refractivity (Wildman–Crippen MR) is 74.7 cm³/mol. The molecule has 1 aliphatic carbocycles. The van der Waals surface area contributed by atoms with Crippen LogP contribution in [0.4, 0.5) is 0 Å². The molecule has 0 aromatic heterocycles. The Hall–Kier alpha value is -1.49. The molecule has 0 radical (unpaired) electrons. The SMILES string of the molecule is CC1=CCC/C(N2CCC(C)CC2)=C(\C#N)C=C1. The fraction of sp³-hybridized carbons (Fsp3) is 0.562. The maximum Gasteiger partial charge on any atom is 0.101 e. The van der Waals surface area contributed by atoms with E-state index in [0.717, 1.165) is 37.4 Å². The third kappa shape index (κ3) is 3.04. The fourth-order valence-electron chi connectivity index (χ4n) is 2.66. The molecule has 2 nitrogen and oxygen atoms in total. The highest BCUT2D eigenvalue weighted by Gasteiger charge is 2.20. The van der Waals surface area contributed by atoms with Gasteiger partial charge < -0.3 is 4.90 Å². The Morgan fingerprint density at radius 1 is 1.28 bits per heavy atom. The Morgan fingerprint density at radius 2 is 2.00 bits per heavy atom. The second kappa shape index (κ2) is 5.91. The zero-order valence-electron chi connectivity index (χ0n) is 11.4. The van der Waals surface area contributed by atoms with Crippen LogP contribution in [0.1, 0.15) is 39.5 Å². The summed E-state index contributed by atoms with van der Waals surface area (Å²) < 4.78 is 0. The normalized spacial score (nSPS) is 26.3. The van der Waals surface area contributed by atoms with Crippen molar-refractivity contribution in [2.45, 2.75) is 39.5 Å². The van der Waals surface area contributed by atoms with Crippen molar-refractivity contribution in [3.8, 4) is 6.07 Å². The third-order valence-electron chi connectivity index (χ3n) is 3.96. The van der Waals surface area contributed by atoms with Crippen molar-refractivity contribution in [1.29, 1.82) is 5.26 Å². The van der Waals surface area contributed by atoms with E-state index in [1.807, 2.05) is 6.08 Å². The smallest absolute Gasteiger partial charge is 0.101 e. The highest BCUT2D eigenvalue weighted by atomic mass is 15.1. The molecule has 1 aliphatic heterocycles. The molecule has 0 spiro atoms. The van der Waals surface area contributed by atoms with Crippen LogP contribution in [0, 0.1) is 17.2 Å². The molecule has 0 N–H and O–H groups in total. The molecule has 96 valence electrons. The van der Waals surface area contributed by atoms with Gasteiger partial charge >= 0.3 is 0 Å². The second-order valence-electron chi connectivity index (χ2n) is 5.46. The van der Waals surface area contributed by atoms with Crippen molar-refractivity contribution in [2.75, 3.05) is 13.1 Å². The summed E-state index contributed by atoms with van der Waals surface area (Å²) in [5, 5.41) is 9.34. The summed E-state index contributed by atoms with van der Waals surface area (Å²) in [5.74, 6) is 0.832. The van der Waals surface area contributed by atoms with Gasteiger partial charge in [-0.1, -0.05) is 24.6 Å². The van der Waals surface area contributed by atoms with Crippen molar-refractivity contribution < 1.29 is 0 Å². The van der Waals surface area contributed by atoms with Gasteiger partial charge in [-0.15, -0.1) is 0 Å². The molecule has 18 heavy (non-hydrogen) atoms. The van der Waals surface area contributed by atoms with E-state index < -0.39 is 0 Å². The lowest BCUT2D eigenvalue weighted by atomic mass is 9.96. The summed E-state index contributed by atoms with van der Waals surface area (Å²) in [7, 11) is 0. The van der Waals surface area contributed by atoms with Crippen LogP contribution < -0.4 is 0 Å². The molecule has 0 bridgehead atoms. The standard InChI is InChI=1S/C16H22N2/c1-13-4-3-5-16(15(12-17)7-6-13)18-10-8-14(2)9-11-18/h4,6-7,14H,3,5,8-11H2,1-2H3/b7-6?,13-4?,16-15+. The van der Waals surface area contributed by atoms with Gasteiger partial charge in [0, 0.05) is 18.8 Å². The summed E-state index contributed by atoms with van der Waals surface area (Å²) in [4.78, 5) is 2.43. The molecule has 0 unspecified atom stereocenters. The first kappa shape index (κ1) is 13.0. The number of piperidine rings is 1. The zero-order valence-corrected chi connectivity index (χ0v) is 11.4. The molecule has 2 heteroatoms. The average molecular weight is 242 g/mol. The summed E-state index contributed by atoms with van der Waals surface area (Å²) in [6.45, 7) is 6.64. The van der Waals surface area contributed by atoms with Crippen molar-refractivity contribution in [1.82, 2.24) is 4.90 Å². The van der Waals surface area contributed by atoms with Gasteiger partial charge in [0.05, 0.1) is 5.57 Å². The monoisotopic (exact) mass is 242 g/mol. The minimum absolute atomic E-state index is 0.832.